The predicted molar refractivity (Wildman–Crippen MR) is 117 cm³/mol. The van der Waals surface area contributed by atoms with Crippen molar-refractivity contribution in [3.63, 3.8) is 0 Å². The number of anilines is 2. The fourth-order valence-corrected chi connectivity index (χ4v) is 3.89. The topological polar surface area (TPSA) is 95.6 Å². The summed E-state index contributed by atoms with van der Waals surface area (Å²) in [6.07, 6.45) is 0.428. The van der Waals surface area contributed by atoms with Crippen molar-refractivity contribution in [3.05, 3.63) is 53.0 Å². The lowest BCUT2D eigenvalue weighted by Gasteiger charge is -2.17. The molecule has 29 heavy (non-hydrogen) atoms. The summed E-state index contributed by atoms with van der Waals surface area (Å²) in [4.78, 5) is 24.1. The molecule has 0 heterocycles. The molecule has 0 unspecified atom stereocenters. The molecule has 0 spiro atoms. The van der Waals surface area contributed by atoms with Crippen LogP contribution in [-0.2, 0) is 19.6 Å². The van der Waals surface area contributed by atoms with Crippen molar-refractivity contribution in [1.29, 1.82) is 0 Å². The minimum atomic E-state index is -3.77. The van der Waals surface area contributed by atoms with E-state index >= 15 is 0 Å². The number of nitrogens with one attached hydrogen (secondary N) is 2. The van der Waals surface area contributed by atoms with Gasteiger partial charge < -0.3 is 10.6 Å². The zero-order valence-electron chi connectivity index (χ0n) is 16.5. The van der Waals surface area contributed by atoms with Gasteiger partial charge in [0.1, 0.15) is 0 Å². The van der Waals surface area contributed by atoms with E-state index in [0.29, 0.717) is 17.8 Å². The molecule has 9 heteroatoms. The van der Waals surface area contributed by atoms with E-state index in [9.17, 15) is 18.0 Å². The van der Waals surface area contributed by atoms with Crippen molar-refractivity contribution in [2.24, 2.45) is 5.92 Å². The van der Waals surface area contributed by atoms with Gasteiger partial charge in [0.25, 0.3) is 0 Å². The second kappa shape index (κ2) is 10.00. The maximum atomic E-state index is 12.5. The smallest absolute Gasteiger partial charge is 0.243 e. The SMILES string of the molecule is CC(C)CC(=O)Nc1ccc(NC(=O)CN(C)S(=O)(=O)c2ccc(Br)cc2)cc1. The standard InChI is InChI=1S/C20H24BrN3O4S/c1-14(2)12-19(25)22-16-6-8-17(9-7-16)23-20(26)13-24(3)29(27,28)18-10-4-15(21)5-11-18/h4-11,14H,12-13H2,1-3H3,(H,22,25)(H,23,26). The van der Waals surface area contributed by atoms with Crippen LogP contribution in [0.5, 0.6) is 0 Å². The van der Waals surface area contributed by atoms with Crippen molar-refractivity contribution < 1.29 is 18.0 Å². The lowest BCUT2D eigenvalue weighted by Crippen LogP contribution is -2.34. The van der Waals surface area contributed by atoms with Crippen LogP contribution in [0.25, 0.3) is 0 Å². The highest BCUT2D eigenvalue weighted by atomic mass is 79.9. The third kappa shape index (κ3) is 6.95. The Morgan fingerprint density at radius 3 is 1.90 bits per heavy atom. The number of benzene rings is 2. The first-order valence-corrected chi connectivity index (χ1v) is 11.2. The Bertz CT molecular complexity index is 958. The zero-order chi connectivity index (χ0) is 21.6. The molecule has 7 nitrogen and oxygen atoms in total. The molecule has 0 saturated heterocycles. The van der Waals surface area contributed by atoms with Crippen molar-refractivity contribution >= 4 is 49.1 Å². The van der Waals surface area contributed by atoms with E-state index in [0.717, 1.165) is 8.78 Å². The van der Waals surface area contributed by atoms with Crippen LogP contribution >= 0.6 is 15.9 Å². The quantitative estimate of drug-likeness (QED) is 0.600. The van der Waals surface area contributed by atoms with Gasteiger partial charge in [-0.3, -0.25) is 9.59 Å². The number of hydrogen-bond acceptors (Lipinski definition) is 4. The van der Waals surface area contributed by atoms with Crippen molar-refractivity contribution in [2.75, 3.05) is 24.2 Å². The van der Waals surface area contributed by atoms with E-state index < -0.39 is 15.9 Å². The molecule has 156 valence electrons. The van der Waals surface area contributed by atoms with Crippen LogP contribution in [-0.4, -0.2) is 38.1 Å². The zero-order valence-corrected chi connectivity index (χ0v) is 18.9. The molecule has 0 aromatic heterocycles. The Hall–Kier alpha value is -2.23. The molecule has 2 amide bonds. The Morgan fingerprint density at radius 2 is 1.41 bits per heavy atom. The molecule has 0 saturated carbocycles. The largest absolute Gasteiger partial charge is 0.326 e. The van der Waals surface area contributed by atoms with Gasteiger partial charge in [0.15, 0.2) is 0 Å². The van der Waals surface area contributed by atoms with Gasteiger partial charge in [-0.05, 0) is 54.4 Å². The Kier molecular flexibility index (Phi) is 7.95. The maximum Gasteiger partial charge on any atom is 0.243 e. The molecule has 0 aliphatic rings. The highest BCUT2D eigenvalue weighted by Gasteiger charge is 2.22. The number of carbonyl (C=O) groups excluding carboxylic acids is 2. The number of rotatable bonds is 8. The Balaban J connectivity index is 1.94. The molecule has 0 radical (unpaired) electrons. The molecule has 2 aromatic carbocycles. The van der Waals surface area contributed by atoms with Gasteiger partial charge in [0.2, 0.25) is 21.8 Å². The highest BCUT2D eigenvalue weighted by molar-refractivity contribution is 9.10. The van der Waals surface area contributed by atoms with Crippen LogP contribution < -0.4 is 10.6 Å². The van der Waals surface area contributed by atoms with Crippen LogP contribution in [0.1, 0.15) is 20.3 Å². The van der Waals surface area contributed by atoms with Crippen LogP contribution in [0.3, 0.4) is 0 Å². The summed E-state index contributed by atoms with van der Waals surface area (Å²) >= 11 is 3.26. The summed E-state index contributed by atoms with van der Waals surface area (Å²) in [5, 5.41) is 5.44. The van der Waals surface area contributed by atoms with E-state index in [4.69, 9.17) is 0 Å². The minimum absolute atomic E-state index is 0.0726. The first kappa shape index (κ1) is 23.1. The Labute approximate surface area is 179 Å². The van der Waals surface area contributed by atoms with Crippen molar-refractivity contribution in [3.8, 4) is 0 Å². The molecule has 2 N–H and O–H groups in total. The number of nitrogens with zero attached hydrogens (tertiary/aromatic N) is 1. The van der Waals surface area contributed by atoms with E-state index in [-0.39, 0.29) is 23.3 Å². The van der Waals surface area contributed by atoms with Crippen molar-refractivity contribution in [2.45, 2.75) is 25.2 Å². The van der Waals surface area contributed by atoms with Gasteiger partial charge in [-0.15, -0.1) is 0 Å². The minimum Gasteiger partial charge on any atom is -0.326 e. The summed E-state index contributed by atoms with van der Waals surface area (Å²) in [5.74, 6) is -0.277. The third-order valence-corrected chi connectivity index (χ3v) is 6.28. The van der Waals surface area contributed by atoms with E-state index in [1.54, 1.807) is 36.4 Å². The number of hydrogen-bond donors (Lipinski definition) is 2. The first-order chi connectivity index (χ1) is 13.6. The molecule has 0 atom stereocenters. The van der Waals surface area contributed by atoms with E-state index in [1.807, 2.05) is 13.8 Å². The van der Waals surface area contributed by atoms with Gasteiger partial charge in [0, 0.05) is 29.3 Å². The summed E-state index contributed by atoms with van der Waals surface area (Å²) in [7, 11) is -2.42. The molecule has 0 aliphatic carbocycles. The van der Waals surface area contributed by atoms with Gasteiger partial charge in [-0.2, -0.15) is 4.31 Å². The second-order valence-electron chi connectivity index (χ2n) is 6.99. The molecule has 0 fully saturated rings. The molecule has 2 rings (SSSR count). The molecular formula is C20H24BrN3O4S. The Morgan fingerprint density at radius 1 is 0.931 bits per heavy atom. The number of sulfonamides is 1. The van der Waals surface area contributed by atoms with E-state index in [2.05, 4.69) is 26.6 Å². The number of carbonyl (C=O) groups is 2. The van der Waals surface area contributed by atoms with Gasteiger partial charge in [0.05, 0.1) is 11.4 Å². The summed E-state index contributed by atoms with van der Waals surface area (Å²) < 4.78 is 26.8. The summed E-state index contributed by atoms with van der Waals surface area (Å²) in [6.45, 7) is 3.60. The van der Waals surface area contributed by atoms with Gasteiger partial charge in [-0.1, -0.05) is 29.8 Å². The summed E-state index contributed by atoms with van der Waals surface area (Å²) in [5.41, 5.74) is 1.13. The molecule has 0 aliphatic heterocycles. The maximum absolute atomic E-state index is 12.5. The van der Waals surface area contributed by atoms with Gasteiger partial charge >= 0.3 is 0 Å². The molecular weight excluding hydrogens is 458 g/mol. The lowest BCUT2D eigenvalue weighted by atomic mass is 10.1. The predicted octanol–water partition coefficient (Wildman–Crippen LogP) is 3.69. The van der Waals surface area contributed by atoms with Gasteiger partial charge in [-0.25, -0.2) is 8.42 Å². The third-order valence-electron chi connectivity index (χ3n) is 3.93. The fraction of sp³-hybridized carbons (Fsp3) is 0.300. The first-order valence-electron chi connectivity index (χ1n) is 8.99. The highest BCUT2D eigenvalue weighted by Crippen LogP contribution is 2.18. The lowest BCUT2D eigenvalue weighted by molar-refractivity contribution is -0.117. The summed E-state index contributed by atoms with van der Waals surface area (Å²) in [6, 6.07) is 12.8. The average molecular weight is 482 g/mol. The van der Waals surface area contributed by atoms with Crippen molar-refractivity contribution in [1.82, 2.24) is 4.31 Å². The normalized spacial score (nSPS) is 11.5. The van der Waals surface area contributed by atoms with Crippen LogP contribution in [0.15, 0.2) is 57.9 Å². The van der Waals surface area contributed by atoms with Crippen LogP contribution in [0.4, 0.5) is 11.4 Å². The van der Waals surface area contributed by atoms with Crippen LogP contribution in [0, 0.1) is 5.92 Å². The molecule has 2 aromatic rings. The monoisotopic (exact) mass is 481 g/mol. The number of amides is 2. The fourth-order valence-electron chi connectivity index (χ4n) is 2.49. The number of likely N-dealkylation sites (N-methyl/N-ethyl adjacent to an activating group) is 1. The van der Waals surface area contributed by atoms with Crippen LogP contribution in [0.2, 0.25) is 0 Å². The number of halogens is 1. The average Bonchev–Trinajstić information content (AvgIpc) is 2.63. The second-order valence-corrected chi connectivity index (χ2v) is 9.95. The van der Waals surface area contributed by atoms with E-state index in [1.165, 1.54) is 19.2 Å². The molecule has 0 bridgehead atoms.